The maximum absolute atomic E-state index is 9.62. The highest BCUT2D eigenvalue weighted by Gasteiger charge is 2.15. The van der Waals surface area contributed by atoms with Crippen molar-refractivity contribution in [1.29, 1.82) is 0 Å². The molecule has 2 aromatic carbocycles. The van der Waals surface area contributed by atoms with Crippen LogP contribution in [0.4, 0.5) is 0 Å². The Labute approximate surface area is 98.9 Å². The highest BCUT2D eigenvalue weighted by atomic mass is 32.5. The van der Waals surface area contributed by atoms with Gasteiger partial charge in [-0.25, -0.2) is 0 Å². The van der Waals surface area contributed by atoms with Crippen LogP contribution in [0, 0.1) is 0 Å². The number of fused-ring (bicyclic) bond motifs is 1. The first-order chi connectivity index (χ1) is 7.62. The monoisotopic (exact) mass is 254 g/mol. The quantitative estimate of drug-likeness (QED) is 0.854. The van der Waals surface area contributed by atoms with E-state index >= 15 is 0 Å². The van der Waals surface area contributed by atoms with Crippen molar-refractivity contribution in [3.8, 4) is 5.75 Å². The SMILES string of the molecule is COP(O)(=S)Oc1cccc2ccccc12. The second-order valence-electron chi connectivity index (χ2n) is 3.22. The van der Waals surface area contributed by atoms with Crippen LogP contribution in [-0.4, -0.2) is 12.0 Å². The largest absolute Gasteiger partial charge is 0.424 e. The maximum atomic E-state index is 9.62. The van der Waals surface area contributed by atoms with Gasteiger partial charge in [-0.2, -0.15) is 0 Å². The van der Waals surface area contributed by atoms with Crippen LogP contribution < -0.4 is 4.52 Å². The molecule has 0 amide bonds. The van der Waals surface area contributed by atoms with E-state index in [0.29, 0.717) is 5.75 Å². The summed E-state index contributed by atoms with van der Waals surface area (Å²) < 4.78 is 10.1. The standard InChI is InChI=1S/C11H11O3PS/c1-13-15(12,16)14-11-8-4-6-9-5-2-3-7-10(9)11/h2-8H,1H3,(H,12,16). The summed E-state index contributed by atoms with van der Waals surface area (Å²) in [6.07, 6.45) is 0. The van der Waals surface area contributed by atoms with Gasteiger partial charge in [-0.3, -0.25) is 0 Å². The van der Waals surface area contributed by atoms with Crippen molar-refractivity contribution in [1.82, 2.24) is 0 Å². The van der Waals surface area contributed by atoms with Gasteiger partial charge < -0.3 is 13.9 Å². The molecule has 0 saturated heterocycles. The van der Waals surface area contributed by atoms with E-state index < -0.39 is 6.72 Å². The van der Waals surface area contributed by atoms with Gasteiger partial charge in [0.05, 0.1) is 0 Å². The van der Waals surface area contributed by atoms with E-state index in [-0.39, 0.29) is 0 Å². The van der Waals surface area contributed by atoms with Gasteiger partial charge >= 0.3 is 6.72 Å². The Morgan fingerprint density at radius 3 is 2.56 bits per heavy atom. The molecule has 1 N–H and O–H groups in total. The first kappa shape index (κ1) is 11.6. The molecule has 3 nitrogen and oxygen atoms in total. The minimum atomic E-state index is -3.17. The molecule has 1 unspecified atom stereocenters. The minimum absolute atomic E-state index is 0.547. The van der Waals surface area contributed by atoms with Gasteiger partial charge in [0.1, 0.15) is 5.75 Å². The molecule has 0 aliphatic rings. The summed E-state index contributed by atoms with van der Waals surface area (Å²) in [6.45, 7) is -3.17. The smallest absolute Gasteiger partial charge is 0.377 e. The summed E-state index contributed by atoms with van der Waals surface area (Å²) in [4.78, 5) is 9.62. The molecule has 0 saturated carbocycles. The van der Waals surface area contributed by atoms with E-state index in [1.807, 2.05) is 36.4 Å². The van der Waals surface area contributed by atoms with Crippen molar-refractivity contribution in [2.75, 3.05) is 7.11 Å². The zero-order valence-electron chi connectivity index (χ0n) is 8.66. The highest BCUT2D eigenvalue weighted by Crippen LogP contribution is 2.45. The molecule has 0 radical (unpaired) electrons. The molecule has 0 aliphatic heterocycles. The van der Waals surface area contributed by atoms with Crippen LogP contribution in [0.3, 0.4) is 0 Å². The van der Waals surface area contributed by atoms with Crippen molar-refractivity contribution < 1.29 is 13.9 Å². The lowest BCUT2D eigenvalue weighted by atomic mass is 10.1. The molecule has 0 aromatic heterocycles. The second kappa shape index (κ2) is 4.52. The van der Waals surface area contributed by atoms with Gasteiger partial charge in [-0.15, -0.1) is 0 Å². The van der Waals surface area contributed by atoms with Gasteiger partial charge in [-0.1, -0.05) is 36.4 Å². The summed E-state index contributed by atoms with van der Waals surface area (Å²) in [5, 5.41) is 1.94. The molecule has 5 heteroatoms. The van der Waals surface area contributed by atoms with Crippen LogP contribution >= 0.6 is 6.72 Å². The summed E-state index contributed by atoms with van der Waals surface area (Å²) in [5.74, 6) is 0.547. The van der Waals surface area contributed by atoms with Crippen LogP contribution in [0.25, 0.3) is 10.8 Å². The van der Waals surface area contributed by atoms with Crippen LogP contribution in [0.2, 0.25) is 0 Å². The second-order valence-corrected chi connectivity index (χ2v) is 6.09. The van der Waals surface area contributed by atoms with Crippen LogP contribution in [0.15, 0.2) is 42.5 Å². The molecule has 2 aromatic rings. The number of hydrogen-bond acceptors (Lipinski definition) is 3. The van der Waals surface area contributed by atoms with Crippen molar-refractivity contribution in [3.63, 3.8) is 0 Å². The average molecular weight is 254 g/mol. The van der Waals surface area contributed by atoms with Gasteiger partial charge in [0, 0.05) is 24.3 Å². The lowest BCUT2D eigenvalue weighted by Crippen LogP contribution is -1.93. The molecule has 1 atom stereocenters. The van der Waals surface area contributed by atoms with Crippen molar-refractivity contribution in [2.45, 2.75) is 0 Å². The minimum Gasteiger partial charge on any atom is -0.424 e. The highest BCUT2D eigenvalue weighted by molar-refractivity contribution is 8.07. The zero-order chi connectivity index (χ0) is 11.6. The van der Waals surface area contributed by atoms with Gasteiger partial charge in [0.2, 0.25) is 0 Å². The maximum Gasteiger partial charge on any atom is 0.377 e. The van der Waals surface area contributed by atoms with E-state index in [0.717, 1.165) is 10.8 Å². The number of rotatable bonds is 3. The van der Waals surface area contributed by atoms with Gasteiger partial charge in [-0.05, 0) is 11.5 Å². The third kappa shape index (κ3) is 2.42. The van der Waals surface area contributed by atoms with E-state index in [9.17, 15) is 4.89 Å². The van der Waals surface area contributed by atoms with Crippen molar-refractivity contribution in [2.24, 2.45) is 0 Å². The van der Waals surface area contributed by atoms with E-state index in [2.05, 4.69) is 0 Å². The first-order valence-electron chi connectivity index (χ1n) is 4.68. The molecule has 84 valence electrons. The fraction of sp³-hybridized carbons (Fsp3) is 0.0909. The van der Waals surface area contributed by atoms with Crippen LogP contribution in [-0.2, 0) is 16.3 Å². The summed E-state index contributed by atoms with van der Waals surface area (Å²) in [5.41, 5.74) is 0. The molecule has 0 heterocycles. The molecule has 2 rings (SSSR count). The Hall–Kier alpha value is -0.930. The lowest BCUT2D eigenvalue weighted by molar-refractivity contribution is 0.314. The van der Waals surface area contributed by atoms with Gasteiger partial charge in [0.15, 0.2) is 0 Å². The Morgan fingerprint density at radius 1 is 1.12 bits per heavy atom. The topological polar surface area (TPSA) is 38.7 Å². The molecule has 0 aliphatic carbocycles. The average Bonchev–Trinajstić information content (AvgIpc) is 2.29. The summed E-state index contributed by atoms with van der Waals surface area (Å²) in [6, 6.07) is 13.3. The predicted octanol–water partition coefficient (Wildman–Crippen LogP) is 3.08. The molecule has 0 fully saturated rings. The Kier molecular flexibility index (Phi) is 3.26. The third-order valence-electron chi connectivity index (χ3n) is 2.19. The fourth-order valence-electron chi connectivity index (χ4n) is 1.44. The molecular formula is C11H11O3PS. The predicted molar refractivity (Wildman–Crippen MR) is 68.1 cm³/mol. The summed E-state index contributed by atoms with van der Waals surface area (Å²) >= 11 is 4.81. The lowest BCUT2D eigenvalue weighted by Gasteiger charge is -2.15. The third-order valence-corrected chi connectivity index (χ3v) is 3.75. The van der Waals surface area contributed by atoms with Gasteiger partial charge in [0.25, 0.3) is 0 Å². The Bertz CT molecular complexity index is 550. The van der Waals surface area contributed by atoms with E-state index in [4.69, 9.17) is 20.9 Å². The Balaban J connectivity index is 2.49. The molecule has 0 spiro atoms. The van der Waals surface area contributed by atoms with Crippen molar-refractivity contribution >= 4 is 29.3 Å². The fourth-order valence-corrected chi connectivity index (χ4v) is 2.16. The molecule has 16 heavy (non-hydrogen) atoms. The number of hydrogen-bond donors (Lipinski definition) is 1. The molecular weight excluding hydrogens is 243 g/mol. The van der Waals surface area contributed by atoms with Crippen LogP contribution in [0.1, 0.15) is 0 Å². The van der Waals surface area contributed by atoms with Crippen molar-refractivity contribution in [3.05, 3.63) is 42.5 Å². The first-order valence-corrected chi connectivity index (χ1v) is 7.27. The van der Waals surface area contributed by atoms with E-state index in [1.165, 1.54) is 7.11 Å². The zero-order valence-corrected chi connectivity index (χ0v) is 10.4. The normalized spacial score (nSPS) is 14.6. The van der Waals surface area contributed by atoms with E-state index in [1.54, 1.807) is 6.07 Å². The Morgan fingerprint density at radius 2 is 1.81 bits per heavy atom. The summed E-state index contributed by atoms with van der Waals surface area (Å²) in [7, 11) is 1.34. The van der Waals surface area contributed by atoms with Crippen LogP contribution in [0.5, 0.6) is 5.75 Å². The number of benzene rings is 2. The molecule has 0 bridgehead atoms.